The summed E-state index contributed by atoms with van der Waals surface area (Å²) in [7, 11) is -3.75. The van der Waals surface area contributed by atoms with Gasteiger partial charge < -0.3 is 4.74 Å². The first-order chi connectivity index (χ1) is 11.8. The fourth-order valence-corrected chi connectivity index (χ4v) is 3.47. The number of hydrogen-bond donors (Lipinski definition) is 0. The van der Waals surface area contributed by atoms with Gasteiger partial charge in [-0.25, -0.2) is 0 Å². The molecule has 136 valence electrons. The van der Waals surface area contributed by atoms with Gasteiger partial charge in [0, 0.05) is 0 Å². The minimum atomic E-state index is -3.75. The molecule has 0 radical (unpaired) electrons. The third kappa shape index (κ3) is 6.27. The highest BCUT2D eigenvalue weighted by Crippen LogP contribution is 2.15. The lowest BCUT2D eigenvalue weighted by Gasteiger charge is -2.19. The molecule has 2 aromatic rings. The molecule has 4 nitrogen and oxygen atoms in total. The SMILES string of the molecule is Cc1ccc(C[C@@H](C)O[C@H](C)COS(=O)(=O)c2ccc(C)cc2)cc1. The van der Waals surface area contributed by atoms with Crippen LogP contribution in [-0.2, 0) is 25.5 Å². The van der Waals surface area contributed by atoms with Crippen molar-refractivity contribution in [3.8, 4) is 0 Å². The molecular formula is C20H26O4S. The second kappa shape index (κ2) is 8.61. The van der Waals surface area contributed by atoms with E-state index < -0.39 is 10.1 Å². The molecule has 0 aliphatic carbocycles. The van der Waals surface area contributed by atoms with Crippen molar-refractivity contribution in [2.24, 2.45) is 0 Å². The summed E-state index contributed by atoms with van der Waals surface area (Å²) in [5, 5.41) is 0. The average molecular weight is 362 g/mol. The van der Waals surface area contributed by atoms with Crippen molar-refractivity contribution in [1.29, 1.82) is 0 Å². The van der Waals surface area contributed by atoms with Crippen molar-refractivity contribution in [1.82, 2.24) is 0 Å². The Hall–Kier alpha value is -1.69. The normalized spacial score (nSPS) is 14.2. The minimum Gasteiger partial charge on any atom is -0.373 e. The second-order valence-corrected chi connectivity index (χ2v) is 8.11. The third-order valence-electron chi connectivity index (χ3n) is 3.88. The Balaban J connectivity index is 1.84. The summed E-state index contributed by atoms with van der Waals surface area (Å²) < 4.78 is 35.3. The van der Waals surface area contributed by atoms with Gasteiger partial charge in [0.2, 0.25) is 0 Å². The van der Waals surface area contributed by atoms with Crippen LogP contribution in [0.4, 0.5) is 0 Å². The van der Waals surface area contributed by atoms with Gasteiger partial charge in [-0.1, -0.05) is 47.5 Å². The first-order valence-corrected chi connectivity index (χ1v) is 9.84. The number of benzene rings is 2. The Bertz CT molecular complexity index is 764. The molecule has 0 saturated heterocycles. The Morgan fingerprint density at radius 3 is 1.92 bits per heavy atom. The van der Waals surface area contributed by atoms with Crippen LogP contribution >= 0.6 is 0 Å². The van der Waals surface area contributed by atoms with Crippen LogP contribution in [0.2, 0.25) is 0 Å². The molecule has 25 heavy (non-hydrogen) atoms. The molecule has 0 N–H and O–H groups in total. The van der Waals surface area contributed by atoms with E-state index in [4.69, 9.17) is 8.92 Å². The highest BCUT2D eigenvalue weighted by atomic mass is 32.2. The maximum absolute atomic E-state index is 12.2. The lowest BCUT2D eigenvalue weighted by atomic mass is 10.1. The van der Waals surface area contributed by atoms with E-state index in [1.165, 1.54) is 11.1 Å². The van der Waals surface area contributed by atoms with Gasteiger partial charge in [-0.05, 0) is 51.8 Å². The van der Waals surface area contributed by atoms with Crippen LogP contribution in [-0.4, -0.2) is 27.2 Å². The highest BCUT2D eigenvalue weighted by Gasteiger charge is 2.18. The average Bonchev–Trinajstić information content (AvgIpc) is 2.55. The summed E-state index contributed by atoms with van der Waals surface area (Å²) in [5.41, 5.74) is 3.42. The lowest BCUT2D eigenvalue weighted by Crippen LogP contribution is -2.25. The standard InChI is InChI=1S/C20H26O4S/c1-15-5-9-19(10-6-15)13-17(3)24-18(4)14-23-25(21,22)20-11-7-16(2)8-12-20/h5-12,17-18H,13-14H2,1-4H3/t17-,18-/m1/s1. The summed E-state index contributed by atoms with van der Waals surface area (Å²) in [6.07, 6.45) is 0.430. The number of ether oxygens (including phenoxy) is 1. The van der Waals surface area contributed by atoms with Crippen LogP contribution < -0.4 is 0 Å². The van der Waals surface area contributed by atoms with Gasteiger partial charge in [0.1, 0.15) is 0 Å². The van der Waals surface area contributed by atoms with Crippen LogP contribution in [0.1, 0.15) is 30.5 Å². The highest BCUT2D eigenvalue weighted by molar-refractivity contribution is 7.86. The molecule has 2 atom stereocenters. The topological polar surface area (TPSA) is 52.6 Å². The Morgan fingerprint density at radius 2 is 1.36 bits per heavy atom. The quantitative estimate of drug-likeness (QED) is 0.665. The van der Waals surface area contributed by atoms with Gasteiger partial charge in [-0.15, -0.1) is 0 Å². The van der Waals surface area contributed by atoms with E-state index >= 15 is 0 Å². The summed E-state index contributed by atoms with van der Waals surface area (Å²) >= 11 is 0. The van der Waals surface area contributed by atoms with E-state index in [-0.39, 0.29) is 23.7 Å². The van der Waals surface area contributed by atoms with E-state index in [2.05, 4.69) is 31.2 Å². The molecule has 5 heteroatoms. The molecule has 0 unspecified atom stereocenters. The first-order valence-electron chi connectivity index (χ1n) is 8.43. The van der Waals surface area contributed by atoms with Gasteiger partial charge in [-0.2, -0.15) is 8.42 Å². The van der Waals surface area contributed by atoms with Crippen molar-refractivity contribution < 1.29 is 17.3 Å². The van der Waals surface area contributed by atoms with Crippen LogP contribution in [0.3, 0.4) is 0 Å². The molecule has 0 saturated carbocycles. The molecule has 0 amide bonds. The molecule has 0 aromatic heterocycles. The van der Waals surface area contributed by atoms with E-state index in [1.54, 1.807) is 24.3 Å². The van der Waals surface area contributed by atoms with Gasteiger partial charge in [-0.3, -0.25) is 4.18 Å². The zero-order valence-corrected chi connectivity index (χ0v) is 16.0. The smallest absolute Gasteiger partial charge is 0.297 e. The predicted octanol–water partition coefficient (Wildman–Crippen LogP) is 4.05. The fraction of sp³-hybridized carbons (Fsp3) is 0.400. The Morgan fingerprint density at radius 1 is 0.840 bits per heavy atom. The maximum atomic E-state index is 12.2. The van der Waals surface area contributed by atoms with Crippen molar-refractivity contribution in [2.45, 2.75) is 51.2 Å². The van der Waals surface area contributed by atoms with Gasteiger partial charge in [0.15, 0.2) is 0 Å². The third-order valence-corrected chi connectivity index (χ3v) is 5.17. The van der Waals surface area contributed by atoms with Crippen molar-refractivity contribution >= 4 is 10.1 Å². The van der Waals surface area contributed by atoms with Gasteiger partial charge >= 0.3 is 0 Å². The van der Waals surface area contributed by atoms with E-state index in [9.17, 15) is 8.42 Å². The molecule has 2 rings (SSSR count). The van der Waals surface area contributed by atoms with Crippen LogP contribution in [0.25, 0.3) is 0 Å². The molecule has 0 heterocycles. The van der Waals surface area contributed by atoms with Crippen molar-refractivity contribution in [3.05, 3.63) is 65.2 Å². The molecule has 0 aliphatic heterocycles. The molecular weight excluding hydrogens is 336 g/mol. The first kappa shape index (κ1) is 19.6. The maximum Gasteiger partial charge on any atom is 0.297 e. The minimum absolute atomic E-state index is 0.00551. The zero-order valence-electron chi connectivity index (χ0n) is 15.2. The Labute approximate surface area is 150 Å². The van der Waals surface area contributed by atoms with Gasteiger partial charge in [0.05, 0.1) is 23.7 Å². The number of hydrogen-bond acceptors (Lipinski definition) is 4. The fourth-order valence-electron chi connectivity index (χ4n) is 2.50. The van der Waals surface area contributed by atoms with Crippen LogP contribution in [0.5, 0.6) is 0 Å². The largest absolute Gasteiger partial charge is 0.373 e. The molecule has 0 bridgehead atoms. The van der Waals surface area contributed by atoms with Gasteiger partial charge in [0.25, 0.3) is 10.1 Å². The predicted molar refractivity (Wildman–Crippen MR) is 99.2 cm³/mol. The molecule has 0 aliphatic rings. The Kier molecular flexibility index (Phi) is 6.76. The summed E-state index contributed by atoms with van der Waals surface area (Å²) in [5.74, 6) is 0. The van der Waals surface area contributed by atoms with E-state index in [0.29, 0.717) is 0 Å². The number of aryl methyl sites for hydroxylation is 2. The molecule has 0 spiro atoms. The lowest BCUT2D eigenvalue weighted by molar-refractivity contribution is -0.0134. The van der Waals surface area contributed by atoms with E-state index in [1.807, 2.05) is 20.8 Å². The monoisotopic (exact) mass is 362 g/mol. The summed E-state index contributed by atoms with van der Waals surface area (Å²) in [6.45, 7) is 7.75. The summed E-state index contributed by atoms with van der Waals surface area (Å²) in [6, 6.07) is 14.9. The van der Waals surface area contributed by atoms with Crippen molar-refractivity contribution in [3.63, 3.8) is 0 Å². The zero-order chi connectivity index (χ0) is 18.4. The van der Waals surface area contributed by atoms with Crippen molar-refractivity contribution in [2.75, 3.05) is 6.61 Å². The van der Waals surface area contributed by atoms with E-state index in [0.717, 1.165) is 12.0 Å². The second-order valence-electron chi connectivity index (χ2n) is 6.50. The summed E-state index contributed by atoms with van der Waals surface area (Å²) in [4.78, 5) is 0.165. The van der Waals surface area contributed by atoms with Crippen LogP contribution in [0.15, 0.2) is 53.4 Å². The van der Waals surface area contributed by atoms with Crippen LogP contribution in [0, 0.1) is 13.8 Å². The molecule has 2 aromatic carbocycles. The molecule has 0 fully saturated rings. The number of rotatable bonds is 8.